The topological polar surface area (TPSA) is 61.6 Å². The molecule has 0 bridgehead atoms. The largest absolute Gasteiger partial charge is 0.374 e. The molecule has 0 spiro atoms. The van der Waals surface area contributed by atoms with Crippen LogP contribution in [0, 0.1) is 16.7 Å². The Labute approximate surface area is 88.1 Å². The SMILES string of the molecule is CC(C)(CCC#N)CNc1cnns1. The molecule has 1 aromatic rings. The lowest BCUT2D eigenvalue weighted by molar-refractivity contribution is 0.364. The fraction of sp³-hybridized carbons (Fsp3) is 0.667. The third-order valence-electron chi connectivity index (χ3n) is 2.02. The highest BCUT2D eigenvalue weighted by Crippen LogP contribution is 2.23. The van der Waals surface area contributed by atoms with E-state index in [1.807, 2.05) is 0 Å². The number of rotatable bonds is 5. The van der Waals surface area contributed by atoms with Gasteiger partial charge in [0.25, 0.3) is 0 Å². The lowest BCUT2D eigenvalue weighted by atomic mass is 9.88. The zero-order chi connectivity index (χ0) is 10.4. The Bertz CT molecular complexity index is 299. The van der Waals surface area contributed by atoms with E-state index < -0.39 is 0 Å². The Hall–Kier alpha value is -1.15. The van der Waals surface area contributed by atoms with Crippen LogP contribution in [0.5, 0.6) is 0 Å². The molecule has 0 radical (unpaired) electrons. The van der Waals surface area contributed by atoms with E-state index >= 15 is 0 Å². The summed E-state index contributed by atoms with van der Waals surface area (Å²) in [6.07, 6.45) is 3.23. The Morgan fingerprint density at radius 3 is 3.00 bits per heavy atom. The molecule has 0 fully saturated rings. The molecule has 0 aliphatic carbocycles. The molecular formula is C9H14N4S. The minimum atomic E-state index is 0.139. The molecule has 1 aromatic heterocycles. The second-order valence-electron chi connectivity index (χ2n) is 3.96. The molecule has 4 nitrogen and oxygen atoms in total. The van der Waals surface area contributed by atoms with Gasteiger partial charge in [-0.25, -0.2) is 0 Å². The zero-order valence-corrected chi connectivity index (χ0v) is 9.27. The third-order valence-corrected chi connectivity index (χ3v) is 2.64. The normalized spacial score (nSPS) is 10.9. The van der Waals surface area contributed by atoms with Crippen molar-refractivity contribution in [2.75, 3.05) is 11.9 Å². The monoisotopic (exact) mass is 210 g/mol. The van der Waals surface area contributed by atoms with Gasteiger partial charge in [0.05, 0.1) is 12.3 Å². The molecule has 1 heterocycles. The van der Waals surface area contributed by atoms with Gasteiger partial charge in [0, 0.05) is 24.5 Å². The lowest BCUT2D eigenvalue weighted by Crippen LogP contribution is -2.22. The highest BCUT2D eigenvalue weighted by Gasteiger charge is 2.17. The van der Waals surface area contributed by atoms with Crippen molar-refractivity contribution < 1.29 is 0 Å². The van der Waals surface area contributed by atoms with Crippen LogP contribution in [-0.4, -0.2) is 16.1 Å². The van der Waals surface area contributed by atoms with Gasteiger partial charge < -0.3 is 5.32 Å². The van der Waals surface area contributed by atoms with E-state index in [4.69, 9.17) is 5.26 Å². The summed E-state index contributed by atoms with van der Waals surface area (Å²) in [6, 6.07) is 2.17. The lowest BCUT2D eigenvalue weighted by Gasteiger charge is -2.23. The van der Waals surface area contributed by atoms with Gasteiger partial charge >= 0.3 is 0 Å². The van der Waals surface area contributed by atoms with E-state index in [0.717, 1.165) is 18.0 Å². The Morgan fingerprint density at radius 1 is 1.64 bits per heavy atom. The summed E-state index contributed by atoms with van der Waals surface area (Å²) < 4.78 is 3.76. The number of hydrogen-bond donors (Lipinski definition) is 1. The van der Waals surface area contributed by atoms with Crippen LogP contribution < -0.4 is 5.32 Å². The Morgan fingerprint density at radius 2 is 2.43 bits per heavy atom. The van der Waals surface area contributed by atoms with Crippen molar-refractivity contribution in [1.82, 2.24) is 9.59 Å². The predicted molar refractivity (Wildman–Crippen MR) is 57.0 cm³/mol. The van der Waals surface area contributed by atoms with Gasteiger partial charge in [0.1, 0.15) is 5.00 Å². The molecule has 1 N–H and O–H groups in total. The van der Waals surface area contributed by atoms with Crippen LogP contribution in [0.15, 0.2) is 6.20 Å². The van der Waals surface area contributed by atoms with Crippen LogP contribution in [0.2, 0.25) is 0 Å². The average molecular weight is 210 g/mol. The molecule has 0 saturated heterocycles. The Balaban J connectivity index is 2.33. The minimum absolute atomic E-state index is 0.139. The molecule has 76 valence electrons. The van der Waals surface area contributed by atoms with E-state index in [2.05, 4.69) is 34.8 Å². The first-order valence-electron chi connectivity index (χ1n) is 4.52. The maximum Gasteiger partial charge on any atom is 0.130 e. The summed E-state index contributed by atoms with van der Waals surface area (Å²) in [6.45, 7) is 5.14. The standard InChI is InChI=1S/C9H14N4S/c1-9(2,4-3-5-10)7-11-8-6-12-13-14-8/h6,11H,3-4,7H2,1-2H3. The van der Waals surface area contributed by atoms with Crippen LogP contribution in [0.25, 0.3) is 0 Å². The first-order valence-corrected chi connectivity index (χ1v) is 5.29. The van der Waals surface area contributed by atoms with Crippen molar-refractivity contribution >= 4 is 16.5 Å². The molecular weight excluding hydrogens is 196 g/mol. The second kappa shape index (κ2) is 4.91. The molecule has 5 heteroatoms. The molecule has 0 aliphatic heterocycles. The van der Waals surface area contributed by atoms with Crippen LogP contribution in [0.4, 0.5) is 5.00 Å². The molecule has 1 rings (SSSR count). The van der Waals surface area contributed by atoms with Crippen molar-refractivity contribution in [3.8, 4) is 6.07 Å². The number of nitrogens with one attached hydrogen (secondary N) is 1. The van der Waals surface area contributed by atoms with Crippen LogP contribution in [0.3, 0.4) is 0 Å². The first kappa shape index (κ1) is 10.9. The number of nitriles is 1. The fourth-order valence-corrected chi connectivity index (χ4v) is 1.47. The van der Waals surface area contributed by atoms with E-state index in [1.165, 1.54) is 11.5 Å². The summed E-state index contributed by atoms with van der Waals surface area (Å²) >= 11 is 1.35. The number of hydrogen-bond acceptors (Lipinski definition) is 5. The average Bonchev–Trinajstić information content (AvgIpc) is 2.64. The minimum Gasteiger partial charge on any atom is -0.374 e. The van der Waals surface area contributed by atoms with E-state index in [9.17, 15) is 0 Å². The van der Waals surface area contributed by atoms with Gasteiger partial charge in [0.15, 0.2) is 0 Å². The van der Waals surface area contributed by atoms with Crippen molar-refractivity contribution in [3.63, 3.8) is 0 Å². The van der Waals surface area contributed by atoms with Crippen LogP contribution >= 0.6 is 11.5 Å². The van der Waals surface area contributed by atoms with Gasteiger partial charge in [-0.3, -0.25) is 0 Å². The summed E-state index contributed by atoms with van der Waals surface area (Å²) in [5.41, 5.74) is 0.139. The van der Waals surface area contributed by atoms with Gasteiger partial charge in [-0.15, -0.1) is 5.10 Å². The van der Waals surface area contributed by atoms with Crippen molar-refractivity contribution in [1.29, 1.82) is 5.26 Å². The molecule has 0 aromatic carbocycles. The first-order chi connectivity index (χ1) is 6.64. The van der Waals surface area contributed by atoms with Gasteiger partial charge in [0.2, 0.25) is 0 Å². The molecule has 0 saturated carbocycles. The maximum atomic E-state index is 8.49. The van der Waals surface area contributed by atoms with Crippen molar-refractivity contribution in [2.24, 2.45) is 5.41 Å². The molecule has 0 aliphatic rings. The molecule has 14 heavy (non-hydrogen) atoms. The maximum absolute atomic E-state index is 8.49. The van der Waals surface area contributed by atoms with Gasteiger partial charge in [-0.1, -0.05) is 18.3 Å². The smallest absolute Gasteiger partial charge is 0.130 e. The highest BCUT2D eigenvalue weighted by molar-refractivity contribution is 7.09. The molecule has 0 amide bonds. The van der Waals surface area contributed by atoms with Gasteiger partial charge in [-0.2, -0.15) is 5.26 Å². The zero-order valence-electron chi connectivity index (χ0n) is 8.45. The van der Waals surface area contributed by atoms with E-state index in [0.29, 0.717) is 6.42 Å². The third kappa shape index (κ3) is 3.71. The molecule has 0 atom stereocenters. The number of anilines is 1. The molecule has 0 unspecified atom stereocenters. The quantitative estimate of drug-likeness (QED) is 0.810. The highest BCUT2D eigenvalue weighted by atomic mass is 32.1. The summed E-state index contributed by atoms with van der Waals surface area (Å²) in [4.78, 5) is 0. The summed E-state index contributed by atoms with van der Waals surface area (Å²) in [5.74, 6) is 0. The van der Waals surface area contributed by atoms with E-state index in [1.54, 1.807) is 6.20 Å². The number of aromatic nitrogens is 2. The van der Waals surface area contributed by atoms with Gasteiger partial charge in [-0.05, 0) is 11.8 Å². The Kier molecular flexibility index (Phi) is 3.84. The summed E-state index contributed by atoms with van der Waals surface area (Å²) in [7, 11) is 0. The van der Waals surface area contributed by atoms with E-state index in [-0.39, 0.29) is 5.41 Å². The predicted octanol–water partition coefficient (Wildman–Crippen LogP) is 2.28. The van der Waals surface area contributed by atoms with Crippen LogP contribution in [-0.2, 0) is 0 Å². The fourth-order valence-electron chi connectivity index (χ4n) is 1.05. The summed E-state index contributed by atoms with van der Waals surface area (Å²) in [5, 5.41) is 16.5. The number of nitrogens with zero attached hydrogens (tertiary/aromatic N) is 3. The second-order valence-corrected chi connectivity index (χ2v) is 4.74. The van der Waals surface area contributed by atoms with Crippen molar-refractivity contribution in [2.45, 2.75) is 26.7 Å². The van der Waals surface area contributed by atoms with Crippen LogP contribution in [0.1, 0.15) is 26.7 Å². The van der Waals surface area contributed by atoms with Crippen molar-refractivity contribution in [3.05, 3.63) is 6.20 Å².